The molecule has 0 unspecified atom stereocenters. The van der Waals surface area contributed by atoms with Crippen molar-refractivity contribution in [2.75, 3.05) is 5.32 Å². The molecule has 1 amide bonds. The van der Waals surface area contributed by atoms with Gasteiger partial charge in [-0.05, 0) is 24.3 Å². The maximum atomic E-state index is 14.4. The van der Waals surface area contributed by atoms with Crippen molar-refractivity contribution in [2.45, 2.75) is 6.18 Å². The number of hydrogen-bond donors (Lipinski definition) is 1. The van der Waals surface area contributed by atoms with E-state index in [1.807, 2.05) is 0 Å². The van der Waals surface area contributed by atoms with Crippen molar-refractivity contribution < 1.29 is 22.4 Å². The van der Waals surface area contributed by atoms with Gasteiger partial charge in [0, 0.05) is 28.9 Å². The van der Waals surface area contributed by atoms with Crippen molar-refractivity contribution in [3.63, 3.8) is 0 Å². The molecule has 0 aliphatic heterocycles. The van der Waals surface area contributed by atoms with Crippen molar-refractivity contribution in [1.82, 2.24) is 15.0 Å². The summed E-state index contributed by atoms with van der Waals surface area (Å²) in [5, 5.41) is 3.07. The third kappa shape index (κ3) is 3.82. The Labute approximate surface area is 167 Å². The summed E-state index contributed by atoms with van der Waals surface area (Å²) in [6.45, 7) is 0. The number of fused-ring (bicyclic) bond motifs is 1. The molecule has 0 aliphatic carbocycles. The van der Waals surface area contributed by atoms with Gasteiger partial charge >= 0.3 is 6.18 Å². The fourth-order valence-electron chi connectivity index (χ4n) is 2.94. The summed E-state index contributed by atoms with van der Waals surface area (Å²) >= 11 is 0. The molecule has 4 rings (SSSR count). The molecule has 1 N–H and O–H groups in total. The maximum Gasteiger partial charge on any atom is 0.416 e. The molecule has 150 valence electrons. The molecule has 2 aromatic carbocycles. The summed E-state index contributed by atoms with van der Waals surface area (Å²) in [6, 6.07) is 9.93. The number of carbonyl (C=O) groups is 1. The fraction of sp³-hybridized carbons (Fsp3) is 0.0476. The Balaban J connectivity index is 1.81. The number of aromatic nitrogens is 3. The summed E-state index contributed by atoms with van der Waals surface area (Å²) < 4.78 is 53.7. The zero-order valence-corrected chi connectivity index (χ0v) is 15.1. The summed E-state index contributed by atoms with van der Waals surface area (Å²) in [5.41, 5.74) is -0.900. The van der Waals surface area contributed by atoms with Crippen LogP contribution in [-0.2, 0) is 6.18 Å². The van der Waals surface area contributed by atoms with E-state index in [0.717, 1.165) is 12.1 Å². The Kier molecular flexibility index (Phi) is 4.86. The number of nitrogens with zero attached hydrogens (tertiary/aromatic N) is 3. The number of anilines is 1. The Morgan fingerprint density at radius 3 is 2.53 bits per heavy atom. The van der Waals surface area contributed by atoms with Gasteiger partial charge in [-0.15, -0.1) is 0 Å². The van der Waals surface area contributed by atoms with Crippen LogP contribution in [0.2, 0.25) is 0 Å². The average molecular weight is 412 g/mol. The molecule has 0 bridgehead atoms. The first-order chi connectivity index (χ1) is 14.3. The highest BCUT2D eigenvalue weighted by Gasteiger charge is 2.31. The van der Waals surface area contributed by atoms with Gasteiger partial charge in [-0.1, -0.05) is 24.3 Å². The first kappa shape index (κ1) is 19.4. The van der Waals surface area contributed by atoms with E-state index in [0.29, 0.717) is 11.5 Å². The topological polar surface area (TPSA) is 67.8 Å². The lowest BCUT2D eigenvalue weighted by Crippen LogP contribution is -2.14. The largest absolute Gasteiger partial charge is 0.416 e. The van der Waals surface area contributed by atoms with Gasteiger partial charge in [0.2, 0.25) is 0 Å². The van der Waals surface area contributed by atoms with E-state index in [2.05, 4.69) is 20.3 Å². The van der Waals surface area contributed by atoms with Crippen LogP contribution in [0.3, 0.4) is 0 Å². The van der Waals surface area contributed by atoms with E-state index in [-0.39, 0.29) is 28.2 Å². The number of carbonyl (C=O) groups excluding carboxylic acids is 1. The molecular weight excluding hydrogens is 400 g/mol. The molecule has 0 saturated heterocycles. The molecule has 0 aliphatic rings. The van der Waals surface area contributed by atoms with Crippen molar-refractivity contribution in [3.8, 4) is 11.1 Å². The van der Waals surface area contributed by atoms with Gasteiger partial charge in [0.1, 0.15) is 11.5 Å². The van der Waals surface area contributed by atoms with Gasteiger partial charge in [-0.2, -0.15) is 13.2 Å². The number of nitrogens with one attached hydrogen (secondary N) is 1. The number of rotatable bonds is 3. The number of benzene rings is 2. The van der Waals surface area contributed by atoms with Gasteiger partial charge in [0.25, 0.3) is 5.91 Å². The van der Waals surface area contributed by atoms with Crippen LogP contribution in [0.1, 0.15) is 16.1 Å². The normalized spacial score (nSPS) is 11.5. The second-order valence-electron chi connectivity index (χ2n) is 6.31. The van der Waals surface area contributed by atoms with E-state index in [1.165, 1.54) is 30.7 Å². The minimum absolute atomic E-state index is 0.00649. The Morgan fingerprint density at radius 1 is 0.967 bits per heavy atom. The molecule has 0 fully saturated rings. The molecule has 5 nitrogen and oxygen atoms in total. The molecule has 0 saturated carbocycles. The lowest BCUT2D eigenvalue weighted by atomic mass is 9.99. The van der Waals surface area contributed by atoms with E-state index in [1.54, 1.807) is 18.2 Å². The second-order valence-corrected chi connectivity index (χ2v) is 6.31. The summed E-state index contributed by atoms with van der Waals surface area (Å²) in [6.07, 6.45) is -0.428. The summed E-state index contributed by atoms with van der Waals surface area (Å²) in [7, 11) is 0. The fourth-order valence-corrected chi connectivity index (χ4v) is 2.94. The standard InChI is InChI=1S/C21H12F4N4O/c22-16-6-5-13(21(23,24)25)10-15(16)14-3-1-2-12-4-7-17(28-19(12)14)20(30)29-18-11-26-8-9-27-18/h1-11H,(H,27,29,30). The molecule has 0 atom stereocenters. The quantitative estimate of drug-likeness (QED) is 0.476. The SMILES string of the molecule is O=C(Nc1cnccn1)c1ccc2cccc(-c3cc(C(F)(F)F)ccc3F)c2n1. The molecular formula is C21H12F4N4O. The van der Waals surface area contributed by atoms with Crippen LogP contribution in [0.25, 0.3) is 22.0 Å². The highest BCUT2D eigenvalue weighted by atomic mass is 19.4. The van der Waals surface area contributed by atoms with Crippen molar-refractivity contribution in [3.05, 3.63) is 84.2 Å². The first-order valence-electron chi connectivity index (χ1n) is 8.67. The Bertz CT molecular complexity index is 1240. The number of alkyl halides is 3. The van der Waals surface area contributed by atoms with E-state index < -0.39 is 23.5 Å². The third-order valence-corrected chi connectivity index (χ3v) is 4.34. The van der Waals surface area contributed by atoms with Gasteiger partial charge in [-0.25, -0.2) is 14.4 Å². The minimum atomic E-state index is -4.62. The number of hydrogen-bond acceptors (Lipinski definition) is 4. The van der Waals surface area contributed by atoms with Crippen LogP contribution in [0.5, 0.6) is 0 Å². The smallest absolute Gasteiger partial charge is 0.304 e. The van der Waals surface area contributed by atoms with Gasteiger partial charge in [0.15, 0.2) is 5.82 Å². The molecule has 2 heterocycles. The molecule has 0 spiro atoms. The van der Waals surface area contributed by atoms with Crippen molar-refractivity contribution in [2.24, 2.45) is 0 Å². The molecule has 9 heteroatoms. The molecule has 30 heavy (non-hydrogen) atoms. The van der Waals surface area contributed by atoms with Gasteiger partial charge in [-0.3, -0.25) is 9.78 Å². The van der Waals surface area contributed by atoms with Crippen LogP contribution < -0.4 is 5.32 Å². The second kappa shape index (κ2) is 7.51. The van der Waals surface area contributed by atoms with Crippen LogP contribution in [0, 0.1) is 5.82 Å². The van der Waals surface area contributed by atoms with Crippen LogP contribution in [-0.4, -0.2) is 20.9 Å². The zero-order chi connectivity index (χ0) is 21.3. The molecule has 0 radical (unpaired) electrons. The zero-order valence-electron chi connectivity index (χ0n) is 15.1. The van der Waals surface area contributed by atoms with Crippen LogP contribution in [0.15, 0.2) is 67.1 Å². The lowest BCUT2D eigenvalue weighted by molar-refractivity contribution is -0.137. The van der Waals surface area contributed by atoms with Gasteiger partial charge in [0.05, 0.1) is 17.3 Å². The predicted octanol–water partition coefficient (Wildman–Crippen LogP) is 5.10. The highest BCUT2D eigenvalue weighted by molar-refractivity contribution is 6.04. The first-order valence-corrected chi connectivity index (χ1v) is 8.67. The van der Waals surface area contributed by atoms with Crippen LogP contribution >= 0.6 is 0 Å². The average Bonchev–Trinajstić information content (AvgIpc) is 2.73. The highest BCUT2D eigenvalue weighted by Crippen LogP contribution is 2.35. The number of pyridine rings is 1. The number of halogens is 4. The van der Waals surface area contributed by atoms with Crippen LogP contribution in [0.4, 0.5) is 23.4 Å². The van der Waals surface area contributed by atoms with Crippen molar-refractivity contribution >= 4 is 22.6 Å². The summed E-state index contributed by atoms with van der Waals surface area (Å²) in [4.78, 5) is 24.5. The predicted molar refractivity (Wildman–Crippen MR) is 102 cm³/mol. The Morgan fingerprint density at radius 2 is 1.80 bits per heavy atom. The van der Waals surface area contributed by atoms with Crippen molar-refractivity contribution in [1.29, 1.82) is 0 Å². The van der Waals surface area contributed by atoms with Gasteiger partial charge < -0.3 is 5.32 Å². The Hall–Kier alpha value is -3.88. The van der Waals surface area contributed by atoms with E-state index in [4.69, 9.17) is 0 Å². The number of amides is 1. The molecule has 4 aromatic rings. The number of para-hydroxylation sites is 1. The third-order valence-electron chi connectivity index (χ3n) is 4.34. The maximum absolute atomic E-state index is 14.4. The van der Waals surface area contributed by atoms with E-state index >= 15 is 0 Å². The summed E-state index contributed by atoms with van der Waals surface area (Å²) in [5.74, 6) is -1.20. The van der Waals surface area contributed by atoms with E-state index in [9.17, 15) is 22.4 Å². The monoisotopic (exact) mass is 412 g/mol. The lowest BCUT2D eigenvalue weighted by Gasteiger charge is -2.12. The molecule has 2 aromatic heterocycles. The minimum Gasteiger partial charge on any atom is -0.304 e.